The van der Waals surface area contributed by atoms with Crippen LogP contribution in [0.15, 0.2) is 30.5 Å². The van der Waals surface area contributed by atoms with Crippen molar-refractivity contribution < 1.29 is 26.9 Å². The van der Waals surface area contributed by atoms with Crippen molar-refractivity contribution in [2.45, 2.75) is 46.1 Å². The zero-order valence-corrected chi connectivity index (χ0v) is 18.5. The zero-order chi connectivity index (χ0) is 22.8. The van der Waals surface area contributed by atoms with Gasteiger partial charge in [0.25, 0.3) is 0 Å². The van der Waals surface area contributed by atoms with Gasteiger partial charge in [-0.15, -0.1) is 0 Å². The maximum absolute atomic E-state index is 13.1. The molecule has 0 radical (unpaired) electrons. The second kappa shape index (κ2) is 9.35. The van der Waals surface area contributed by atoms with Crippen LogP contribution in [0.2, 0.25) is 0 Å². The molecule has 3 rings (SSSR count). The standard InChI is InChI=1S/C21H24F3N3O3S/c1-5-6-11-29-14(3)30-18-9-10-25-19(13(18)2)20-26-16-12-15(21(22,23)24)7-8-17(16)27(20)31(4)28/h7-10,12,14H,5-6,11H2,1-4H3. The maximum atomic E-state index is 13.1. The molecule has 3 aromatic rings. The monoisotopic (exact) mass is 455 g/mol. The van der Waals surface area contributed by atoms with E-state index in [2.05, 4.69) is 16.9 Å². The Hall–Kier alpha value is -2.46. The Morgan fingerprint density at radius 1 is 1.26 bits per heavy atom. The number of unbranched alkanes of at least 4 members (excludes halogenated alkanes) is 1. The number of alkyl halides is 3. The number of aromatic nitrogens is 3. The molecule has 2 atom stereocenters. The largest absolute Gasteiger partial charge is 0.465 e. The number of ether oxygens (including phenoxy) is 2. The van der Waals surface area contributed by atoms with Gasteiger partial charge in [0.1, 0.15) is 22.4 Å². The molecule has 0 N–H and O–H groups in total. The minimum Gasteiger partial charge on any atom is -0.465 e. The Morgan fingerprint density at radius 2 is 2.00 bits per heavy atom. The number of benzene rings is 1. The van der Waals surface area contributed by atoms with Gasteiger partial charge >= 0.3 is 6.18 Å². The lowest BCUT2D eigenvalue weighted by Crippen LogP contribution is -2.18. The van der Waals surface area contributed by atoms with E-state index < -0.39 is 29.0 Å². The summed E-state index contributed by atoms with van der Waals surface area (Å²) in [4.78, 5) is 8.68. The van der Waals surface area contributed by atoms with E-state index in [1.165, 1.54) is 22.5 Å². The van der Waals surface area contributed by atoms with Crippen molar-refractivity contribution in [3.8, 4) is 17.3 Å². The van der Waals surface area contributed by atoms with E-state index in [4.69, 9.17) is 9.47 Å². The first-order chi connectivity index (χ1) is 14.6. The molecule has 0 spiro atoms. The SMILES string of the molecule is CCCCOC(C)Oc1ccnc(-c2nc3cc(C(F)(F)F)ccc3n2S(C)=O)c1C. The highest BCUT2D eigenvalue weighted by atomic mass is 32.2. The summed E-state index contributed by atoms with van der Waals surface area (Å²) in [5.41, 5.74) is 0.582. The fourth-order valence-corrected chi connectivity index (χ4v) is 3.92. The molecule has 168 valence electrons. The highest BCUT2D eigenvalue weighted by Crippen LogP contribution is 2.34. The Morgan fingerprint density at radius 3 is 2.65 bits per heavy atom. The third kappa shape index (κ3) is 5.07. The van der Waals surface area contributed by atoms with Crippen molar-refractivity contribution in [2.24, 2.45) is 0 Å². The average Bonchev–Trinajstić information content (AvgIpc) is 3.08. The normalized spacial score (nSPS) is 14.0. The summed E-state index contributed by atoms with van der Waals surface area (Å²) in [7, 11) is -1.58. The van der Waals surface area contributed by atoms with E-state index in [9.17, 15) is 17.4 Å². The number of rotatable bonds is 8. The predicted octanol–water partition coefficient (Wildman–Crippen LogP) is 5.11. The molecule has 0 amide bonds. The molecule has 0 saturated heterocycles. The highest BCUT2D eigenvalue weighted by Gasteiger charge is 2.31. The molecule has 2 aromatic heterocycles. The lowest BCUT2D eigenvalue weighted by Gasteiger charge is -2.18. The maximum Gasteiger partial charge on any atom is 0.416 e. The van der Waals surface area contributed by atoms with E-state index in [-0.39, 0.29) is 11.3 Å². The van der Waals surface area contributed by atoms with Crippen molar-refractivity contribution in [1.82, 2.24) is 13.9 Å². The van der Waals surface area contributed by atoms with Crippen molar-refractivity contribution >= 4 is 22.0 Å². The Bertz CT molecular complexity index is 1100. The van der Waals surface area contributed by atoms with Gasteiger partial charge in [0.05, 0.1) is 23.2 Å². The second-order valence-corrected chi connectivity index (χ2v) is 8.26. The van der Waals surface area contributed by atoms with Crippen molar-refractivity contribution in [2.75, 3.05) is 12.9 Å². The number of hydrogen-bond donors (Lipinski definition) is 0. The van der Waals surface area contributed by atoms with Gasteiger partial charge in [-0.3, -0.25) is 4.98 Å². The number of hydrogen-bond acceptors (Lipinski definition) is 5. The van der Waals surface area contributed by atoms with Gasteiger partial charge in [-0.2, -0.15) is 13.2 Å². The number of pyridine rings is 1. The first-order valence-corrected chi connectivity index (χ1v) is 11.3. The molecule has 0 aliphatic carbocycles. The lowest BCUT2D eigenvalue weighted by molar-refractivity contribution is -0.137. The lowest BCUT2D eigenvalue weighted by atomic mass is 10.2. The quantitative estimate of drug-likeness (QED) is 0.349. The first kappa shape index (κ1) is 23.2. The molecule has 0 fully saturated rings. The van der Waals surface area contributed by atoms with E-state index in [1.807, 2.05) is 0 Å². The summed E-state index contributed by atoms with van der Waals surface area (Å²) in [5, 5.41) is 0. The highest BCUT2D eigenvalue weighted by molar-refractivity contribution is 7.83. The van der Waals surface area contributed by atoms with Crippen LogP contribution in [0.1, 0.15) is 37.8 Å². The van der Waals surface area contributed by atoms with E-state index in [1.54, 1.807) is 19.9 Å². The number of imidazole rings is 1. The number of nitrogens with zero attached hydrogens (tertiary/aromatic N) is 3. The van der Waals surface area contributed by atoms with E-state index in [0.29, 0.717) is 29.1 Å². The van der Waals surface area contributed by atoms with Gasteiger partial charge in [-0.25, -0.2) is 13.2 Å². The van der Waals surface area contributed by atoms with Crippen molar-refractivity contribution in [1.29, 1.82) is 0 Å². The number of halogens is 3. The fraction of sp³-hybridized carbons (Fsp3) is 0.429. The Kier molecular flexibility index (Phi) is 7.00. The summed E-state index contributed by atoms with van der Waals surface area (Å²) < 4.78 is 64.7. The molecular formula is C21H24F3N3O3S. The van der Waals surface area contributed by atoms with Crippen molar-refractivity contribution in [3.63, 3.8) is 0 Å². The molecule has 10 heteroatoms. The molecule has 0 saturated carbocycles. The van der Waals surface area contributed by atoms with Gasteiger partial charge in [0.2, 0.25) is 0 Å². The molecule has 31 heavy (non-hydrogen) atoms. The van der Waals surface area contributed by atoms with Crippen LogP contribution >= 0.6 is 0 Å². The summed E-state index contributed by atoms with van der Waals surface area (Å²) in [6, 6.07) is 4.85. The minimum absolute atomic E-state index is 0.0869. The predicted molar refractivity (Wildman–Crippen MR) is 113 cm³/mol. The Labute approximate surface area is 181 Å². The molecule has 0 aliphatic heterocycles. The smallest absolute Gasteiger partial charge is 0.416 e. The van der Waals surface area contributed by atoms with Crippen LogP contribution in [-0.2, 0) is 21.9 Å². The molecule has 2 heterocycles. The fourth-order valence-electron chi connectivity index (χ4n) is 3.12. The summed E-state index contributed by atoms with van der Waals surface area (Å²) in [6.45, 7) is 6.18. The van der Waals surface area contributed by atoms with Crippen LogP contribution in [0.5, 0.6) is 5.75 Å². The van der Waals surface area contributed by atoms with Crippen LogP contribution < -0.4 is 4.74 Å². The zero-order valence-electron chi connectivity index (χ0n) is 17.7. The van der Waals surface area contributed by atoms with Crippen molar-refractivity contribution in [3.05, 3.63) is 41.6 Å². The number of fused-ring (bicyclic) bond motifs is 1. The van der Waals surface area contributed by atoms with Gasteiger partial charge in [0.15, 0.2) is 12.1 Å². The van der Waals surface area contributed by atoms with Gasteiger partial charge in [-0.1, -0.05) is 13.3 Å². The molecule has 1 aromatic carbocycles. The van der Waals surface area contributed by atoms with Crippen LogP contribution in [-0.4, -0.2) is 37.3 Å². The topological polar surface area (TPSA) is 66.2 Å². The minimum atomic E-state index is -4.50. The third-order valence-electron chi connectivity index (χ3n) is 4.71. The third-order valence-corrected chi connectivity index (χ3v) is 5.59. The molecule has 0 aliphatic rings. The summed E-state index contributed by atoms with van der Waals surface area (Å²) in [5.74, 6) is 0.711. The van der Waals surface area contributed by atoms with E-state index in [0.717, 1.165) is 25.0 Å². The molecule has 6 nitrogen and oxygen atoms in total. The van der Waals surface area contributed by atoms with Crippen LogP contribution in [0, 0.1) is 6.92 Å². The van der Waals surface area contributed by atoms with Gasteiger partial charge in [-0.05, 0) is 44.5 Å². The van der Waals surface area contributed by atoms with E-state index >= 15 is 0 Å². The first-order valence-electron chi connectivity index (χ1n) is 9.81. The molecular weight excluding hydrogens is 431 g/mol. The Balaban J connectivity index is 2.04. The average molecular weight is 456 g/mol. The molecule has 0 bridgehead atoms. The molecule has 2 unspecified atom stereocenters. The van der Waals surface area contributed by atoms with Gasteiger partial charge < -0.3 is 9.47 Å². The summed E-state index contributed by atoms with van der Waals surface area (Å²) in [6.07, 6.45) is -0.124. The summed E-state index contributed by atoms with van der Waals surface area (Å²) >= 11 is 0. The van der Waals surface area contributed by atoms with Gasteiger partial charge in [0, 0.05) is 18.0 Å². The van der Waals surface area contributed by atoms with Crippen LogP contribution in [0.3, 0.4) is 0 Å². The van der Waals surface area contributed by atoms with Crippen LogP contribution in [0.25, 0.3) is 22.6 Å². The second-order valence-electron chi connectivity index (χ2n) is 7.05. The van der Waals surface area contributed by atoms with Crippen LogP contribution in [0.4, 0.5) is 13.2 Å².